The van der Waals surface area contributed by atoms with Crippen molar-refractivity contribution in [2.24, 2.45) is 7.05 Å². The largest absolute Gasteiger partial charge is 0.392 e. The molecular formula is C16H16ClN7O. The third-order valence-corrected chi connectivity index (χ3v) is 4.32. The number of hydrogen-bond acceptors (Lipinski definition) is 5. The lowest BCUT2D eigenvalue weighted by molar-refractivity contribution is 0.827. The van der Waals surface area contributed by atoms with E-state index in [4.69, 9.17) is 23.9 Å². The molecule has 0 saturated carbocycles. The molecule has 0 aromatic carbocycles. The van der Waals surface area contributed by atoms with E-state index < -0.39 is 0 Å². The smallest absolute Gasteiger partial charge is 0.268 e. The van der Waals surface area contributed by atoms with Crippen molar-refractivity contribution in [1.82, 2.24) is 19.2 Å². The van der Waals surface area contributed by atoms with Crippen LogP contribution in [0.3, 0.4) is 0 Å². The first kappa shape index (κ1) is 16.8. The highest BCUT2D eigenvalue weighted by molar-refractivity contribution is 6.34. The van der Waals surface area contributed by atoms with Crippen molar-refractivity contribution in [1.29, 1.82) is 0 Å². The molecule has 0 saturated heterocycles. The first-order valence-electron chi connectivity index (χ1n) is 7.54. The van der Waals surface area contributed by atoms with Crippen LogP contribution in [0.4, 0.5) is 17.3 Å². The summed E-state index contributed by atoms with van der Waals surface area (Å²) in [6, 6.07) is 3.60. The summed E-state index contributed by atoms with van der Waals surface area (Å²) in [5, 5.41) is 7.66. The average Bonchev–Trinajstić information content (AvgIpc) is 2.87. The quantitative estimate of drug-likeness (QED) is 0.698. The van der Waals surface area contributed by atoms with Crippen molar-refractivity contribution >= 4 is 34.6 Å². The molecular weight excluding hydrogens is 342 g/mol. The van der Waals surface area contributed by atoms with Crippen LogP contribution in [0.2, 0.25) is 5.02 Å². The fourth-order valence-corrected chi connectivity index (χ4v) is 2.69. The van der Waals surface area contributed by atoms with Gasteiger partial charge in [0.15, 0.2) is 5.65 Å². The zero-order valence-corrected chi connectivity index (χ0v) is 14.5. The molecule has 8 nitrogen and oxygen atoms in total. The first-order chi connectivity index (χ1) is 11.9. The summed E-state index contributed by atoms with van der Waals surface area (Å²) in [4.78, 5) is 19.9. The van der Waals surface area contributed by atoms with Crippen LogP contribution in [0, 0.1) is 13.5 Å². The number of anilines is 2. The van der Waals surface area contributed by atoms with Crippen molar-refractivity contribution in [2.45, 2.75) is 13.3 Å². The normalized spacial score (nSPS) is 10.8. The average molecular weight is 358 g/mol. The molecule has 3 rings (SSSR count). The number of halogens is 1. The van der Waals surface area contributed by atoms with Gasteiger partial charge in [0, 0.05) is 25.4 Å². The molecule has 0 aliphatic rings. The zero-order valence-electron chi connectivity index (χ0n) is 13.7. The lowest BCUT2D eigenvalue weighted by atomic mass is 10.2. The highest BCUT2D eigenvalue weighted by Gasteiger charge is 2.18. The SMILES string of the molecule is [C-]#[N+]c1c(NCCc2cccn(C)c2=O)nc2c(Cl)c(C)nn2c1N. The Labute approximate surface area is 148 Å². The van der Waals surface area contributed by atoms with Crippen molar-refractivity contribution in [3.63, 3.8) is 0 Å². The minimum absolute atomic E-state index is 0.0490. The summed E-state index contributed by atoms with van der Waals surface area (Å²) in [5.41, 5.74) is 7.81. The number of rotatable bonds is 4. The number of nitrogens with one attached hydrogen (secondary N) is 1. The molecule has 3 N–H and O–H groups in total. The molecule has 0 spiro atoms. The maximum absolute atomic E-state index is 12.0. The van der Waals surface area contributed by atoms with E-state index in [0.29, 0.717) is 40.7 Å². The minimum atomic E-state index is -0.0490. The van der Waals surface area contributed by atoms with Gasteiger partial charge in [-0.1, -0.05) is 17.7 Å². The Kier molecular flexibility index (Phi) is 4.33. The predicted molar refractivity (Wildman–Crippen MR) is 97.3 cm³/mol. The number of aromatic nitrogens is 4. The van der Waals surface area contributed by atoms with E-state index in [0.717, 1.165) is 0 Å². The molecule has 3 aromatic heterocycles. The van der Waals surface area contributed by atoms with Crippen LogP contribution in [-0.4, -0.2) is 25.7 Å². The summed E-state index contributed by atoms with van der Waals surface area (Å²) in [7, 11) is 1.70. The van der Waals surface area contributed by atoms with Gasteiger partial charge in [-0.3, -0.25) is 4.79 Å². The fourth-order valence-electron chi connectivity index (χ4n) is 2.53. The van der Waals surface area contributed by atoms with E-state index in [9.17, 15) is 4.79 Å². The number of hydrogen-bond donors (Lipinski definition) is 2. The summed E-state index contributed by atoms with van der Waals surface area (Å²) in [6.07, 6.45) is 2.19. The second kappa shape index (κ2) is 6.45. The third kappa shape index (κ3) is 2.90. The molecule has 0 amide bonds. The fraction of sp³-hybridized carbons (Fsp3) is 0.250. The lowest BCUT2D eigenvalue weighted by Gasteiger charge is -2.10. The van der Waals surface area contributed by atoms with Gasteiger partial charge in [0.05, 0.1) is 12.3 Å². The van der Waals surface area contributed by atoms with Gasteiger partial charge < -0.3 is 15.6 Å². The molecule has 0 radical (unpaired) electrons. The number of nitrogens with zero attached hydrogens (tertiary/aromatic N) is 5. The van der Waals surface area contributed by atoms with Crippen LogP contribution in [0.25, 0.3) is 10.5 Å². The van der Waals surface area contributed by atoms with Gasteiger partial charge in [0.2, 0.25) is 0 Å². The van der Waals surface area contributed by atoms with Crippen LogP contribution < -0.4 is 16.6 Å². The molecule has 9 heteroatoms. The molecule has 128 valence electrons. The van der Waals surface area contributed by atoms with Crippen molar-refractivity contribution < 1.29 is 0 Å². The first-order valence-corrected chi connectivity index (χ1v) is 7.92. The van der Waals surface area contributed by atoms with Gasteiger partial charge in [-0.2, -0.15) is 5.10 Å². The molecule has 3 aromatic rings. The molecule has 0 aliphatic heterocycles. The molecule has 0 fully saturated rings. The van der Waals surface area contributed by atoms with Crippen molar-refractivity contribution in [2.75, 3.05) is 17.6 Å². The van der Waals surface area contributed by atoms with Gasteiger partial charge in [-0.05, 0) is 19.4 Å². The Hall–Kier alpha value is -3.05. The summed E-state index contributed by atoms with van der Waals surface area (Å²) >= 11 is 6.20. The van der Waals surface area contributed by atoms with Gasteiger partial charge in [0.25, 0.3) is 11.2 Å². The topological polar surface area (TPSA) is 94.6 Å². The number of aryl methyl sites for hydroxylation is 2. The molecule has 25 heavy (non-hydrogen) atoms. The van der Waals surface area contributed by atoms with Crippen LogP contribution in [0.5, 0.6) is 0 Å². The summed E-state index contributed by atoms with van der Waals surface area (Å²) in [6.45, 7) is 9.53. The standard InChI is InChI=1S/C16H16ClN7O/c1-9-11(17)15-21-14(12(19-2)13(18)24(15)22-9)20-7-6-10-5-4-8-23(3)16(10)25/h4-5,8H,6-7,18H2,1,3H3,(H,20,21). The highest BCUT2D eigenvalue weighted by atomic mass is 35.5. The van der Waals surface area contributed by atoms with Crippen LogP contribution >= 0.6 is 11.6 Å². The number of fused-ring (bicyclic) bond motifs is 1. The summed E-state index contributed by atoms with van der Waals surface area (Å²) in [5.74, 6) is 0.502. The van der Waals surface area contributed by atoms with E-state index in [1.165, 1.54) is 9.08 Å². The monoisotopic (exact) mass is 357 g/mol. The van der Waals surface area contributed by atoms with E-state index in [1.54, 1.807) is 26.2 Å². The highest BCUT2D eigenvalue weighted by Crippen LogP contribution is 2.33. The molecule has 0 aliphatic carbocycles. The van der Waals surface area contributed by atoms with E-state index in [1.807, 2.05) is 6.07 Å². The van der Waals surface area contributed by atoms with E-state index in [-0.39, 0.29) is 17.1 Å². The second-order valence-corrected chi connectivity index (χ2v) is 5.95. The maximum Gasteiger partial charge on any atom is 0.268 e. The summed E-state index contributed by atoms with van der Waals surface area (Å²) < 4.78 is 2.89. The van der Waals surface area contributed by atoms with Crippen molar-refractivity contribution in [3.05, 3.63) is 56.4 Å². The Morgan fingerprint density at radius 1 is 1.48 bits per heavy atom. The molecule has 3 heterocycles. The van der Waals surface area contributed by atoms with Gasteiger partial charge >= 0.3 is 0 Å². The Morgan fingerprint density at radius 3 is 2.96 bits per heavy atom. The molecule has 0 unspecified atom stereocenters. The minimum Gasteiger partial charge on any atom is -0.392 e. The molecule has 0 atom stereocenters. The van der Waals surface area contributed by atoms with Crippen LogP contribution in [0.1, 0.15) is 11.3 Å². The number of nitrogens with two attached hydrogens (primary N) is 1. The Morgan fingerprint density at radius 2 is 2.24 bits per heavy atom. The number of nitrogen functional groups attached to an aromatic ring is 1. The second-order valence-electron chi connectivity index (χ2n) is 5.57. The maximum atomic E-state index is 12.0. The van der Waals surface area contributed by atoms with Crippen molar-refractivity contribution in [3.8, 4) is 0 Å². The van der Waals surface area contributed by atoms with Gasteiger partial charge in [0.1, 0.15) is 16.7 Å². The van der Waals surface area contributed by atoms with Crippen LogP contribution in [0.15, 0.2) is 23.1 Å². The number of pyridine rings is 1. The Balaban J connectivity index is 1.91. The van der Waals surface area contributed by atoms with E-state index in [2.05, 4.69) is 20.2 Å². The predicted octanol–water partition coefficient (Wildman–Crippen LogP) is 2.18. The van der Waals surface area contributed by atoms with Gasteiger partial charge in [-0.15, -0.1) is 0 Å². The van der Waals surface area contributed by atoms with Crippen LogP contribution in [-0.2, 0) is 13.5 Å². The van der Waals surface area contributed by atoms with Gasteiger partial charge in [-0.25, -0.2) is 14.3 Å². The third-order valence-electron chi connectivity index (χ3n) is 3.88. The lowest BCUT2D eigenvalue weighted by Crippen LogP contribution is -2.22. The Bertz CT molecular complexity index is 1060. The zero-order chi connectivity index (χ0) is 18.1. The molecule has 0 bridgehead atoms. The van der Waals surface area contributed by atoms with E-state index >= 15 is 0 Å².